The molecule has 0 radical (unpaired) electrons. The molecule has 0 spiro atoms. The molecule has 3 atom stereocenters. The van der Waals surface area contributed by atoms with Crippen molar-refractivity contribution < 1.29 is 38.0 Å². The van der Waals surface area contributed by atoms with Crippen LogP contribution in [-0.2, 0) is 35.2 Å². The van der Waals surface area contributed by atoms with Gasteiger partial charge in [0.25, 0.3) is 5.91 Å². The number of ether oxygens (including phenoxy) is 7. The number of hydrogen-bond acceptors (Lipinski definition) is 10. The van der Waals surface area contributed by atoms with Gasteiger partial charge < -0.3 is 38.5 Å². The van der Waals surface area contributed by atoms with Crippen molar-refractivity contribution in [2.24, 2.45) is 0 Å². The number of fused-ring (bicyclic) bond motifs is 2. The van der Waals surface area contributed by atoms with E-state index in [1.165, 1.54) is 16.7 Å². The molecular weight excluding hydrogens is 686 g/mol. The third-order valence-electron chi connectivity index (χ3n) is 11.5. The van der Waals surface area contributed by atoms with Gasteiger partial charge in [-0.25, -0.2) is 0 Å². The second kappa shape index (κ2) is 15.0. The first kappa shape index (κ1) is 36.0. The minimum atomic E-state index is -0.502. The summed E-state index contributed by atoms with van der Waals surface area (Å²) in [6.07, 6.45) is 4.02. The van der Waals surface area contributed by atoms with E-state index in [1.807, 2.05) is 24.3 Å². The van der Waals surface area contributed by atoms with E-state index in [4.69, 9.17) is 33.2 Å². The topological polar surface area (TPSA) is 100 Å². The zero-order chi connectivity index (χ0) is 37.5. The third kappa shape index (κ3) is 6.69. The lowest BCUT2D eigenvalue weighted by Gasteiger charge is -2.37. The Morgan fingerprint density at radius 2 is 1.43 bits per heavy atom. The summed E-state index contributed by atoms with van der Waals surface area (Å²) in [5.41, 5.74) is 7.23. The maximum Gasteiger partial charge on any atom is 0.253 e. The van der Waals surface area contributed by atoms with Gasteiger partial charge >= 0.3 is 0 Å². The minimum absolute atomic E-state index is 0.118. The van der Waals surface area contributed by atoms with Crippen LogP contribution in [0.2, 0.25) is 0 Å². The molecular formula is C43H49N3O8. The van der Waals surface area contributed by atoms with Crippen LogP contribution in [-0.4, -0.2) is 84.0 Å². The van der Waals surface area contributed by atoms with Crippen molar-refractivity contribution in [2.75, 3.05) is 67.5 Å². The number of likely N-dealkylation sites (N-methyl/N-ethyl adjacent to an activating group) is 2. The molecule has 0 saturated carbocycles. The van der Waals surface area contributed by atoms with Gasteiger partial charge in [-0.3, -0.25) is 14.6 Å². The first-order valence-corrected chi connectivity index (χ1v) is 18.8. The molecule has 1 saturated heterocycles. The number of hydrogen-bond donors (Lipinski definition) is 1. The van der Waals surface area contributed by atoms with Gasteiger partial charge in [0.05, 0.1) is 28.4 Å². The van der Waals surface area contributed by atoms with Crippen LogP contribution in [0.15, 0.2) is 54.6 Å². The van der Waals surface area contributed by atoms with Gasteiger partial charge in [0.15, 0.2) is 34.5 Å². The highest BCUT2D eigenvalue weighted by Crippen LogP contribution is 2.52. The van der Waals surface area contributed by atoms with Crippen molar-refractivity contribution >= 4 is 11.6 Å². The van der Waals surface area contributed by atoms with Crippen LogP contribution in [0.3, 0.4) is 0 Å². The standard InChI is InChI=1S/C43H49N3O8/c1-45-15-13-26-20-35(48-3)38-23-30(26)32(45)18-25-9-11-29(12-10-25)53-37-22-28(31(24-36(37)49-4)44-43(47)34-8-7-17-52-34)19-33-40-27(14-16-46(33)2)21-39(50-5)41(51-6)42(40)54-38/h9-12,20-24,32-34H,7-8,13-19H2,1-6H3,(H,44,47)/t32-,33-,34?/m0/s1. The summed E-state index contributed by atoms with van der Waals surface area (Å²) in [5.74, 6) is 4.52. The van der Waals surface area contributed by atoms with Gasteiger partial charge in [-0.15, -0.1) is 0 Å². The van der Waals surface area contributed by atoms with E-state index in [1.54, 1.807) is 28.4 Å². The Bertz CT molecular complexity index is 2040. The zero-order valence-corrected chi connectivity index (χ0v) is 32.0. The molecule has 1 N–H and O–H groups in total. The average Bonchev–Trinajstić information content (AvgIpc) is 3.73. The smallest absolute Gasteiger partial charge is 0.253 e. The number of amides is 1. The fraction of sp³-hybridized carbons (Fsp3) is 0.419. The lowest BCUT2D eigenvalue weighted by molar-refractivity contribution is -0.124. The van der Waals surface area contributed by atoms with Crippen molar-refractivity contribution in [1.29, 1.82) is 0 Å². The van der Waals surface area contributed by atoms with Gasteiger partial charge in [-0.05, 0) is 117 Å². The number of methoxy groups -OCH3 is 4. The predicted octanol–water partition coefficient (Wildman–Crippen LogP) is 7.28. The molecule has 0 aromatic heterocycles. The molecule has 9 rings (SSSR count). The number of nitrogens with zero attached hydrogens (tertiary/aromatic N) is 2. The molecule has 5 aliphatic rings. The van der Waals surface area contributed by atoms with Gasteiger partial charge in [-0.2, -0.15) is 0 Å². The lowest BCUT2D eigenvalue weighted by Crippen LogP contribution is -2.34. The van der Waals surface area contributed by atoms with E-state index in [-0.39, 0.29) is 18.0 Å². The van der Waals surface area contributed by atoms with E-state index in [9.17, 15) is 4.79 Å². The fourth-order valence-corrected chi connectivity index (χ4v) is 8.46. The fourth-order valence-electron chi connectivity index (χ4n) is 8.46. The van der Waals surface area contributed by atoms with E-state index in [0.717, 1.165) is 55.5 Å². The Morgan fingerprint density at radius 1 is 0.741 bits per heavy atom. The molecule has 1 amide bonds. The molecule has 5 aliphatic heterocycles. The number of carbonyl (C=O) groups is 1. The highest BCUT2D eigenvalue weighted by atomic mass is 16.5. The van der Waals surface area contributed by atoms with Crippen LogP contribution in [0.4, 0.5) is 5.69 Å². The highest BCUT2D eigenvalue weighted by Gasteiger charge is 2.36. The first-order valence-electron chi connectivity index (χ1n) is 18.8. The highest BCUT2D eigenvalue weighted by molar-refractivity contribution is 5.95. The van der Waals surface area contributed by atoms with Crippen molar-refractivity contribution in [3.05, 3.63) is 88.0 Å². The number of rotatable bonds is 6. The Kier molecular flexibility index (Phi) is 10.0. The van der Waals surface area contributed by atoms with Gasteiger partial charge in [-0.1, -0.05) is 12.1 Å². The van der Waals surface area contributed by atoms with Crippen LogP contribution in [0, 0.1) is 0 Å². The Labute approximate surface area is 317 Å². The maximum absolute atomic E-state index is 13.5. The van der Waals surface area contributed by atoms with Crippen LogP contribution in [0.1, 0.15) is 58.3 Å². The van der Waals surface area contributed by atoms with Crippen molar-refractivity contribution in [3.63, 3.8) is 0 Å². The van der Waals surface area contributed by atoms with E-state index in [2.05, 4.69) is 59.5 Å². The van der Waals surface area contributed by atoms with E-state index in [0.29, 0.717) is 71.1 Å². The molecule has 1 fully saturated rings. The quantitative estimate of drug-likeness (QED) is 0.218. The van der Waals surface area contributed by atoms with Crippen LogP contribution in [0.25, 0.3) is 0 Å². The van der Waals surface area contributed by atoms with Gasteiger partial charge in [0.1, 0.15) is 11.9 Å². The molecule has 11 nitrogen and oxygen atoms in total. The molecule has 0 aliphatic carbocycles. The van der Waals surface area contributed by atoms with Crippen LogP contribution in [0.5, 0.6) is 46.0 Å². The molecule has 54 heavy (non-hydrogen) atoms. The molecule has 4 aromatic carbocycles. The summed E-state index contributed by atoms with van der Waals surface area (Å²) < 4.78 is 43.4. The Morgan fingerprint density at radius 3 is 2.13 bits per heavy atom. The van der Waals surface area contributed by atoms with E-state index >= 15 is 0 Å². The molecule has 284 valence electrons. The molecule has 1 unspecified atom stereocenters. The maximum atomic E-state index is 13.5. The van der Waals surface area contributed by atoms with E-state index < -0.39 is 6.10 Å². The number of carbonyl (C=O) groups excluding carboxylic acids is 1. The molecule has 6 bridgehead atoms. The first-order chi connectivity index (χ1) is 26.3. The number of benzene rings is 4. The predicted molar refractivity (Wildman–Crippen MR) is 205 cm³/mol. The summed E-state index contributed by atoms with van der Waals surface area (Å²) in [6, 6.07) is 18.4. The number of nitrogens with one attached hydrogen (secondary N) is 1. The van der Waals surface area contributed by atoms with Gasteiger partial charge in [0, 0.05) is 49.1 Å². The number of anilines is 1. The van der Waals surface area contributed by atoms with Crippen molar-refractivity contribution in [2.45, 2.75) is 56.7 Å². The summed E-state index contributed by atoms with van der Waals surface area (Å²) in [5, 5.41) is 3.19. The molecule has 11 heteroatoms. The third-order valence-corrected chi connectivity index (χ3v) is 11.5. The summed E-state index contributed by atoms with van der Waals surface area (Å²) >= 11 is 0. The summed E-state index contributed by atoms with van der Waals surface area (Å²) in [6.45, 7) is 2.30. The summed E-state index contributed by atoms with van der Waals surface area (Å²) in [7, 11) is 10.9. The minimum Gasteiger partial charge on any atom is -0.493 e. The van der Waals surface area contributed by atoms with Crippen LogP contribution < -0.4 is 33.7 Å². The largest absolute Gasteiger partial charge is 0.493 e. The Balaban J connectivity index is 1.34. The normalized spacial score (nSPS) is 20.8. The molecule has 4 aromatic rings. The monoisotopic (exact) mass is 735 g/mol. The average molecular weight is 736 g/mol. The van der Waals surface area contributed by atoms with Crippen molar-refractivity contribution in [3.8, 4) is 46.0 Å². The Hall–Kier alpha value is -4.97. The zero-order valence-electron chi connectivity index (χ0n) is 32.0. The second-order valence-electron chi connectivity index (χ2n) is 14.6. The SMILES string of the molecule is COc1cc(NC(=O)C2CCCO2)c2cc1Oc1ccc(cc1)C[C@H]1c3cc(c(OC)cc3CCN1C)Oc1c(OC)c(OC)cc3c1[C@H](C2)N(C)CC3. The second-order valence-corrected chi connectivity index (χ2v) is 14.6. The van der Waals surface area contributed by atoms with Crippen LogP contribution >= 0.6 is 0 Å². The van der Waals surface area contributed by atoms with Gasteiger partial charge in [0.2, 0.25) is 5.75 Å². The molecule has 5 heterocycles. The van der Waals surface area contributed by atoms with Crippen molar-refractivity contribution in [1.82, 2.24) is 9.80 Å². The lowest BCUT2D eigenvalue weighted by atomic mass is 9.86. The summed E-state index contributed by atoms with van der Waals surface area (Å²) in [4.78, 5) is 18.3.